The molecule has 1 saturated heterocycles. The molecule has 0 bridgehead atoms. The topological polar surface area (TPSA) is 94.5 Å². The molecule has 0 unspecified atom stereocenters. The van der Waals surface area contributed by atoms with E-state index in [1.165, 1.54) is 24.8 Å². The van der Waals surface area contributed by atoms with Crippen molar-refractivity contribution in [2.45, 2.75) is 45.1 Å². The first-order chi connectivity index (χ1) is 16.7. The molecule has 2 aromatic rings. The minimum Gasteiger partial charge on any atom is -0.490 e. The molecule has 2 aromatic carbocycles. The molecule has 10 heteroatoms. The zero-order chi connectivity index (χ0) is 25.5. The van der Waals surface area contributed by atoms with Crippen LogP contribution in [-0.2, 0) is 16.1 Å². The van der Waals surface area contributed by atoms with Gasteiger partial charge in [0.1, 0.15) is 30.7 Å². The van der Waals surface area contributed by atoms with Gasteiger partial charge in [0.05, 0.1) is 32.4 Å². The molecule has 1 amide bonds. The Labute approximate surface area is 202 Å². The van der Waals surface area contributed by atoms with Crippen LogP contribution in [0.1, 0.15) is 34.8 Å². The maximum atomic E-state index is 14.8. The lowest BCUT2D eigenvalue weighted by atomic mass is 10.1. The van der Waals surface area contributed by atoms with Crippen LogP contribution in [0, 0.1) is 12.7 Å². The molecule has 1 aliphatic rings. The summed E-state index contributed by atoms with van der Waals surface area (Å²) in [6.45, 7) is 2.31. The molecule has 35 heavy (non-hydrogen) atoms. The van der Waals surface area contributed by atoms with Crippen molar-refractivity contribution in [1.82, 2.24) is 4.90 Å². The molecule has 0 aliphatic carbocycles. The van der Waals surface area contributed by atoms with E-state index in [1.807, 2.05) is 30.3 Å². The number of carbonyl (C=O) groups excluding carboxylic acids is 1. The predicted octanol–water partition coefficient (Wildman–Crippen LogP) is 4.37. The third-order valence-corrected chi connectivity index (χ3v) is 5.67. The van der Waals surface area contributed by atoms with Crippen molar-refractivity contribution >= 4 is 12.1 Å². The fourth-order valence-electron chi connectivity index (χ4n) is 3.85. The van der Waals surface area contributed by atoms with Gasteiger partial charge < -0.3 is 24.1 Å². The average molecular weight is 494 g/mol. The molecule has 1 aliphatic heterocycles. The highest BCUT2D eigenvalue weighted by molar-refractivity contribution is 5.96. The number of rotatable bonds is 10. The number of hydrogen-bond acceptors (Lipinski definition) is 6. The van der Waals surface area contributed by atoms with E-state index in [1.54, 1.807) is 0 Å². The van der Waals surface area contributed by atoms with Crippen molar-refractivity contribution in [3.8, 4) is 11.5 Å². The first kappa shape index (κ1) is 26.2. The van der Waals surface area contributed by atoms with E-state index in [0.717, 1.165) is 12.7 Å². The lowest BCUT2D eigenvalue weighted by Crippen LogP contribution is -2.38. The van der Waals surface area contributed by atoms with E-state index in [0.29, 0.717) is 13.0 Å². The van der Waals surface area contributed by atoms with Gasteiger partial charge in [0.15, 0.2) is 11.6 Å². The van der Waals surface area contributed by atoms with Crippen LogP contribution in [0.5, 0.6) is 11.5 Å². The largest absolute Gasteiger partial charge is 0.490 e. The quantitative estimate of drug-likeness (QED) is 0.491. The van der Waals surface area contributed by atoms with Crippen LogP contribution < -0.4 is 9.47 Å². The Balaban J connectivity index is 1.78. The zero-order valence-corrected chi connectivity index (χ0v) is 19.8. The number of nitrogens with zero attached hydrogens (tertiary/aromatic N) is 1. The summed E-state index contributed by atoms with van der Waals surface area (Å²) in [5, 5.41) is 9.65. The minimum absolute atomic E-state index is 0.0456. The van der Waals surface area contributed by atoms with Crippen LogP contribution >= 0.6 is 0 Å². The maximum Gasteiger partial charge on any atom is 0.407 e. The number of carbonyl (C=O) groups is 2. The predicted molar refractivity (Wildman–Crippen MR) is 122 cm³/mol. The van der Waals surface area contributed by atoms with Crippen LogP contribution in [0.25, 0.3) is 0 Å². The second-order valence-electron chi connectivity index (χ2n) is 8.34. The number of halogens is 2. The second-order valence-corrected chi connectivity index (χ2v) is 8.34. The molecule has 1 N–H and O–H groups in total. The Morgan fingerprint density at radius 2 is 1.97 bits per heavy atom. The third kappa shape index (κ3) is 6.39. The summed E-state index contributed by atoms with van der Waals surface area (Å²) in [5.74, 6) is -2.27. The number of aryl methyl sites for hydroxylation is 1. The summed E-state index contributed by atoms with van der Waals surface area (Å²) in [7, 11) is 1.12. The summed E-state index contributed by atoms with van der Waals surface area (Å²) in [5.41, 5.74) is 0.751. The van der Waals surface area contributed by atoms with E-state index < -0.39 is 42.4 Å². The summed E-state index contributed by atoms with van der Waals surface area (Å²) in [4.78, 5) is 25.5. The molecule has 8 nitrogen and oxygen atoms in total. The number of ether oxygens (including phenoxy) is 4. The van der Waals surface area contributed by atoms with Gasteiger partial charge in [0, 0.05) is 0 Å². The molecule has 0 aromatic heterocycles. The van der Waals surface area contributed by atoms with Gasteiger partial charge in [-0.2, -0.15) is 0 Å². The molecule has 190 valence electrons. The van der Waals surface area contributed by atoms with Gasteiger partial charge in [-0.3, -0.25) is 4.90 Å². The first-order valence-corrected chi connectivity index (χ1v) is 11.2. The van der Waals surface area contributed by atoms with Crippen molar-refractivity contribution in [3.63, 3.8) is 0 Å². The number of likely N-dealkylation sites (tertiary alicyclic amines) is 1. The monoisotopic (exact) mass is 493 g/mol. The van der Waals surface area contributed by atoms with E-state index >= 15 is 0 Å². The van der Waals surface area contributed by atoms with Gasteiger partial charge >= 0.3 is 12.1 Å². The Bertz CT molecular complexity index is 1030. The van der Waals surface area contributed by atoms with Gasteiger partial charge in [0.2, 0.25) is 0 Å². The summed E-state index contributed by atoms with van der Waals surface area (Å²) < 4.78 is 49.7. The highest BCUT2D eigenvalue weighted by Crippen LogP contribution is 2.36. The van der Waals surface area contributed by atoms with E-state index in [9.17, 15) is 23.5 Å². The number of methoxy groups -OCH3 is 1. The lowest BCUT2D eigenvalue weighted by Gasteiger charge is -2.23. The van der Waals surface area contributed by atoms with Crippen LogP contribution in [-0.4, -0.2) is 67.3 Å². The van der Waals surface area contributed by atoms with Crippen molar-refractivity contribution in [2.24, 2.45) is 0 Å². The normalized spacial score (nSPS) is 18.3. The fraction of sp³-hybridized carbons (Fsp3) is 0.440. The van der Waals surface area contributed by atoms with E-state index in [2.05, 4.69) is 0 Å². The smallest absolute Gasteiger partial charge is 0.407 e. The highest BCUT2D eigenvalue weighted by atomic mass is 19.1. The maximum absolute atomic E-state index is 14.8. The second kappa shape index (κ2) is 11.8. The van der Waals surface area contributed by atoms with Crippen molar-refractivity contribution in [3.05, 3.63) is 58.9 Å². The summed E-state index contributed by atoms with van der Waals surface area (Å²) >= 11 is 0. The molecule has 1 fully saturated rings. The zero-order valence-electron chi connectivity index (χ0n) is 19.8. The number of benzene rings is 2. The first-order valence-electron chi connectivity index (χ1n) is 11.2. The van der Waals surface area contributed by atoms with Gasteiger partial charge in [-0.25, -0.2) is 18.4 Å². The van der Waals surface area contributed by atoms with Crippen molar-refractivity contribution in [1.29, 1.82) is 0 Å². The molecule has 0 saturated carbocycles. The van der Waals surface area contributed by atoms with Gasteiger partial charge in [0.25, 0.3) is 0 Å². The number of hydrogen-bond donors (Lipinski definition) is 1. The van der Waals surface area contributed by atoms with Crippen LogP contribution in [0.4, 0.5) is 13.6 Å². The molecular formula is C25H29F2NO7. The molecule has 3 rings (SSSR count). The molecular weight excluding hydrogens is 464 g/mol. The Kier molecular flexibility index (Phi) is 8.86. The Morgan fingerprint density at radius 3 is 2.60 bits per heavy atom. The lowest BCUT2D eigenvalue weighted by molar-refractivity contribution is 0.0465. The minimum atomic E-state index is -1.13. The number of carboxylic acid groups (broad SMARTS) is 1. The average Bonchev–Trinajstić information content (AvgIpc) is 3.28. The molecule has 1 heterocycles. The van der Waals surface area contributed by atoms with Crippen molar-refractivity contribution in [2.75, 3.05) is 26.9 Å². The van der Waals surface area contributed by atoms with Crippen molar-refractivity contribution < 1.29 is 42.4 Å². The molecule has 3 atom stereocenters. The Morgan fingerprint density at radius 1 is 1.26 bits per heavy atom. The molecule has 0 spiro atoms. The number of esters is 1. The fourth-order valence-corrected chi connectivity index (χ4v) is 3.85. The van der Waals surface area contributed by atoms with Crippen LogP contribution in [0.2, 0.25) is 0 Å². The number of amides is 1. The number of alkyl halides is 1. The Hall–Kier alpha value is -3.40. The van der Waals surface area contributed by atoms with Crippen LogP contribution in [0.3, 0.4) is 0 Å². The SMILES string of the molecule is COC(=O)c1c(OC[C@H]2C[C@H](OCc3ccccc3)CN2C(=O)O)cc(C)c(F)c1O[C@H](C)CF. The van der Waals surface area contributed by atoms with E-state index in [4.69, 9.17) is 18.9 Å². The highest BCUT2D eigenvalue weighted by Gasteiger charge is 2.37. The van der Waals surface area contributed by atoms with E-state index in [-0.39, 0.29) is 36.1 Å². The van der Waals surface area contributed by atoms with Gasteiger partial charge in [-0.1, -0.05) is 30.3 Å². The standard InChI is InChI=1S/C25H29F2NO7/c1-15-9-20(21(24(29)32-3)23(22(15)27)35-16(2)11-26)34-14-18-10-19(12-28(18)25(30)31)33-13-17-7-5-4-6-8-17/h4-9,16,18-19H,10-14H2,1-3H3,(H,30,31)/t16-,18-,19+/m1/s1. The van der Waals surface area contributed by atoms with Crippen LogP contribution in [0.15, 0.2) is 36.4 Å². The molecule has 0 radical (unpaired) electrons. The van der Waals surface area contributed by atoms with Gasteiger partial charge in [-0.15, -0.1) is 0 Å². The van der Waals surface area contributed by atoms with Gasteiger partial charge in [-0.05, 0) is 37.5 Å². The summed E-state index contributed by atoms with van der Waals surface area (Å²) in [6, 6.07) is 10.2. The third-order valence-electron chi connectivity index (χ3n) is 5.67. The summed E-state index contributed by atoms with van der Waals surface area (Å²) in [6.07, 6.45) is -2.12.